The van der Waals surface area contributed by atoms with Crippen molar-refractivity contribution in [1.82, 2.24) is 5.32 Å². The number of carbonyl (C=O) groups excluding carboxylic acids is 1. The molecule has 0 heterocycles. The van der Waals surface area contributed by atoms with Crippen molar-refractivity contribution in [1.29, 1.82) is 0 Å². The van der Waals surface area contributed by atoms with Crippen molar-refractivity contribution in [2.45, 2.75) is 62.9 Å². The number of carboxylic acid groups (broad SMARTS) is 1. The van der Waals surface area contributed by atoms with E-state index in [1.807, 2.05) is 0 Å². The SMILES string of the molecule is NC(=O)C1(NC2CCCCCC2)CC(C(=O)O)C1. The predicted molar refractivity (Wildman–Crippen MR) is 66.9 cm³/mol. The smallest absolute Gasteiger partial charge is 0.306 e. The van der Waals surface area contributed by atoms with Crippen molar-refractivity contribution in [2.75, 3.05) is 0 Å². The molecule has 2 aliphatic carbocycles. The van der Waals surface area contributed by atoms with Gasteiger partial charge in [-0.1, -0.05) is 25.7 Å². The third kappa shape index (κ3) is 2.66. The molecule has 0 saturated heterocycles. The Morgan fingerprint density at radius 2 is 1.67 bits per heavy atom. The number of hydrogen-bond acceptors (Lipinski definition) is 3. The molecular weight excluding hydrogens is 232 g/mol. The van der Waals surface area contributed by atoms with Crippen molar-refractivity contribution >= 4 is 11.9 Å². The quantitative estimate of drug-likeness (QED) is 0.653. The van der Waals surface area contributed by atoms with Gasteiger partial charge in [0.25, 0.3) is 0 Å². The fourth-order valence-corrected chi connectivity index (χ4v) is 3.16. The summed E-state index contributed by atoms with van der Waals surface area (Å²) in [5.74, 6) is -1.64. The molecule has 2 aliphatic rings. The number of rotatable bonds is 4. The third-order valence-electron chi connectivity index (χ3n) is 4.35. The third-order valence-corrected chi connectivity index (χ3v) is 4.35. The molecule has 18 heavy (non-hydrogen) atoms. The number of aliphatic carboxylic acids is 1. The second-order valence-corrected chi connectivity index (χ2v) is 5.72. The van der Waals surface area contributed by atoms with E-state index in [4.69, 9.17) is 10.8 Å². The van der Waals surface area contributed by atoms with Crippen molar-refractivity contribution in [3.05, 3.63) is 0 Å². The zero-order valence-corrected chi connectivity index (χ0v) is 10.7. The number of primary amides is 1. The number of nitrogens with two attached hydrogens (primary N) is 1. The maximum Gasteiger partial charge on any atom is 0.306 e. The molecule has 5 heteroatoms. The lowest BCUT2D eigenvalue weighted by Gasteiger charge is -2.46. The largest absolute Gasteiger partial charge is 0.481 e. The molecule has 0 aromatic heterocycles. The lowest BCUT2D eigenvalue weighted by molar-refractivity contribution is -0.151. The van der Waals surface area contributed by atoms with Crippen LogP contribution >= 0.6 is 0 Å². The van der Waals surface area contributed by atoms with E-state index < -0.39 is 23.3 Å². The van der Waals surface area contributed by atoms with E-state index in [0.29, 0.717) is 18.9 Å². The standard InChI is InChI=1S/C13H22N2O3/c14-12(18)13(7-9(8-13)11(16)17)15-10-5-3-1-2-4-6-10/h9-10,15H,1-8H2,(H2,14,18)(H,16,17). The second kappa shape index (κ2) is 5.26. The number of nitrogens with one attached hydrogen (secondary N) is 1. The topological polar surface area (TPSA) is 92.4 Å². The summed E-state index contributed by atoms with van der Waals surface area (Å²) in [6, 6.07) is 0.315. The van der Waals surface area contributed by atoms with Crippen LogP contribution in [0.1, 0.15) is 51.4 Å². The minimum atomic E-state index is -0.824. The number of carbonyl (C=O) groups is 2. The van der Waals surface area contributed by atoms with Crippen LogP contribution in [-0.2, 0) is 9.59 Å². The van der Waals surface area contributed by atoms with Crippen molar-refractivity contribution in [3.8, 4) is 0 Å². The highest BCUT2D eigenvalue weighted by molar-refractivity contribution is 5.88. The fraction of sp³-hybridized carbons (Fsp3) is 0.846. The van der Waals surface area contributed by atoms with Crippen LogP contribution in [0.5, 0.6) is 0 Å². The molecule has 0 unspecified atom stereocenters. The van der Waals surface area contributed by atoms with Gasteiger partial charge in [-0.05, 0) is 25.7 Å². The highest BCUT2D eigenvalue weighted by Gasteiger charge is 2.52. The van der Waals surface area contributed by atoms with Crippen LogP contribution in [0, 0.1) is 5.92 Å². The molecule has 0 aliphatic heterocycles. The van der Waals surface area contributed by atoms with Gasteiger partial charge in [0.1, 0.15) is 0 Å². The van der Waals surface area contributed by atoms with Crippen LogP contribution in [0.25, 0.3) is 0 Å². The Morgan fingerprint density at radius 1 is 1.11 bits per heavy atom. The monoisotopic (exact) mass is 254 g/mol. The minimum absolute atomic E-state index is 0.315. The summed E-state index contributed by atoms with van der Waals surface area (Å²) in [5.41, 5.74) is 4.69. The molecule has 0 aromatic carbocycles. The summed E-state index contributed by atoms with van der Waals surface area (Å²) in [7, 11) is 0. The molecule has 0 atom stereocenters. The fourth-order valence-electron chi connectivity index (χ4n) is 3.16. The van der Waals surface area contributed by atoms with E-state index in [0.717, 1.165) is 12.8 Å². The number of hydrogen-bond donors (Lipinski definition) is 3. The van der Waals surface area contributed by atoms with Gasteiger partial charge in [0, 0.05) is 6.04 Å². The predicted octanol–water partition coefficient (Wildman–Crippen LogP) is 1.02. The van der Waals surface area contributed by atoms with Crippen LogP contribution in [0.4, 0.5) is 0 Å². The van der Waals surface area contributed by atoms with Crippen LogP contribution in [-0.4, -0.2) is 28.6 Å². The van der Waals surface area contributed by atoms with Gasteiger partial charge >= 0.3 is 5.97 Å². The summed E-state index contributed by atoms with van der Waals surface area (Å²) in [6.07, 6.45) is 7.66. The molecule has 2 fully saturated rings. The first-order valence-electron chi connectivity index (χ1n) is 6.84. The summed E-state index contributed by atoms with van der Waals surface area (Å²) < 4.78 is 0. The van der Waals surface area contributed by atoms with Crippen LogP contribution in [0.3, 0.4) is 0 Å². The average Bonchev–Trinajstić information content (AvgIpc) is 2.49. The van der Waals surface area contributed by atoms with Gasteiger partial charge in [-0.3, -0.25) is 9.59 Å². The molecule has 0 spiro atoms. The highest BCUT2D eigenvalue weighted by Crippen LogP contribution is 2.39. The van der Waals surface area contributed by atoms with Gasteiger partial charge in [0.05, 0.1) is 11.5 Å². The molecule has 1 amide bonds. The zero-order chi connectivity index (χ0) is 13.2. The first-order valence-corrected chi connectivity index (χ1v) is 6.84. The molecule has 2 saturated carbocycles. The second-order valence-electron chi connectivity index (χ2n) is 5.72. The van der Waals surface area contributed by atoms with Gasteiger partial charge in [-0.2, -0.15) is 0 Å². The van der Waals surface area contributed by atoms with E-state index >= 15 is 0 Å². The van der Waals surface area contributed by atoms with Crippen molar-refractivity contribution < 1.29 is 14.7 Å². The first kappa shape index (κ1) is 13.3. The number of amides is 1. The molecule has 5 nitrogen and oxygen atoms in total. The van der Waals surface area contributed by atoms with E-state index in [1.165, 1.54) is 25.7 Å². The van der Waals surface area contributed by atoms with Gasteiger partial charge in [0.2, 0.25) is 5.91 Å². The minimum Gasteiger partial charge on any atom is -0.481 e. The molecule has 0 aromatic rings. The normalized spacial score (nSPS) is 33.4. The maximum atomic E-state index is 11.6. The van der Waals surface area contributed by atoms with Crippen molar-refractivity contribution in [3.63, 3.8) is 0 Å². The Hall–Kier alpha value is -1.10. The Bertz CT molecular complexity index is 329. The Labute approximate surface area is 107 Å². The molecular formula is C13H22N2O3. The van der Waals surface area contributed by atoms with Crippen LogP contribution in [0.15, 0.2) is 0 Å². The lowest BCUT2D eigenvalue weighted by atomic mass is 9.67. The summed E-state index contributed by atoms with van der Waals surface area (Å²) in [6.45, 7) is 0. The van der Waals surface area contributed by atoms with E-state index in [9.17, 15) is 9.59 Å². The van der Waals surface area contributed by atoms with Gasteiger partial charge < -0.3 is 16.2 Å². The summed E-state index contributed by atoms with van der Waals surface area (Å²) in [5, 5.41) is 12.3. The van der Waals surface area contributed by atoms with Crippen LogP contribution < -0.4 is 11.1 Å². The van der Waals surface area contributed by atoms with Gasteiger partial charge in [-0.25, -0.2) is 0 Å². The van der Waals surface area contributed by atoms with E-state index in [-0.39, 0.29) is 0 Å². The molecule has 0 radical (unpaired) electrons. The molecule has 0 bridgehead atoms. The molecule has 102 valence electrons. The average molecular weight is 254 g/mol. The lowest BCUT2D eigenvalue weighted by Crippen LogP contribution is -2.66. The number of carboxylic acids is 1. The van der Waals surface area contributed by atoms with E-state index in [2.05, 4.69) is 5.32 Å². The molecule has 2 rings (SSSR count). The highest BCUT2D eigenvalue weighted by atomic mass is 16.4. The van der Waals surface area contributed by atoms with Crippen LogP contribution in [0.2, 0.25) is 0 Å². The molecule has 4 N–H and O–H groups in total. The van der Waals surface area contributed by atoms with Gasteiger partial charge in [-0.15, -0.1) is 0 Å². The Balaban J connectivity index is 1.95. The van der Waals surface area contributed by atoms with Crippen molar-refractivity contribution in [2.24, 2.45) is 11.7 Å². The summed E-state index contributed by atoms with van der Waals surface area (Å²) >= 11 is 0. The Kier molecular flexibility index (Phi) is 3.90. The Morgan fingerprint density at radius 3 is 2.11 bits per heavy atom. The zero-order valence-electron chi connectivity index (χ0n) is 10.7. The van der Waals surface area contributed by atoms with Gasteiger partial charge in [0.15, 0.2) is 0 Å². The summed E-state index contributed by atoms with van der Waals surface area (Å²) in [4.78, 5) is 22.5. The van der Waals surface area contributed by atoms with E-state index in [1.54, 1.807) is 0 Å². The maximum absolute atomic E-state index is 11.6. The first-order chi connectivity index (χ1) is 8.53.